The van der Waals surface area contributed by atoms with E-state index in [9.17, 15) is 5.26 Å². The maximum absolute atomic E-state index is 9.55. The van der Waals surface area contributed by atoms with Crippen molar-refractivity contribution < 1.29 is 9.15 Å². The summed E-state index contributed by atoms with van der Waals surface area (Å²) in [5.41, 5.74) is 2.20. The Bertz CT molecular complexity index is 1030. The van der Waals surface area contributed by atoms with Crippen molar-refractivity contribution in [2.45, 2.75) is 26.9 Å². The summed E-state index contributed by atoms with van der Waals surface area (Å²) in [7, 11) is 0. The van der Waals surface area contributed by atoms with Crippen LogP contribution in [-0.2, 0) is 6.61 Å². The molecule has 4 rings (SSSR count). The molecule has 30 heavy (non-hydrogen) atoms. The van der Waals surface area contributed by atoms with E-state index in [1.54, 1.807) is 0 Å². The molecule has 3 aromatic rings. The molecule has 2 aromatic carbocycles. The fraction of sp³-hybridized carbons (Fsp3) is 0.333. The highest BCUT2D eigenvalue weighted by molar-refractivity contribution is 6.30. The summed E-state index contributed by atoms with van der Waals surface area (Å²) < 4.78 is 11.9. The molecule has 1 aliphatic rings. The van der Waals surface area contributed by atoms with E-state index in [4.69, 9.17) is 20.8 Å². The Morgan fingerprint density at radius 2 is 1.77 bits per heavy atom. The van der Waals surface area contributed by atoms with Crippen molar-refractivity contribution in [2.75, 3.05) is 18.0 Å². The van der Waals surface area contributed by atoms with Crippen LogP contribution in [0.5, 0.6) is 5.75 Å². The molecule has 0 radical (unpaired) electrons. The predicted molar refractivity (Wildman–Crippen MR) is 118 cm³/mol. The molecule has 154 valence electrons. The third-order valence-corrected chi connectivity index (χ3v) is 5.54. The Labute approximate surface area is 181 Å². The number of rotatable bonds is 5. The van der Waals surface area contributed by atoms with Crippen molar-refractivity contribution in [3.8, 4) is 23.3 Å². The number of aromatic nitrogens is 1. The topological polar surface area (TPSA) is 62.3 Å². The predicted octanol–water partition coefficient (Wildman–Crippen LogP) is 5.93. The van der Waals surface area contributed by atoms with Crippen LogP contribution in [0.1, 0.15) is 31.5 Å². The minimum Gasteiger partial charge on any atom is -0.489 e. The first-order valence-corrected chi connectivity index (χ1v) is 10.5. The number of nitrogens with zero attached hydrogens (tertiary/aromatic N) is 3. The highest BCUT2D eigenvalue weighted by Crippen LogP contribution is 2.33. The first-order valence-electron chi connectivity index (χ1n) is 10.2. The van der Waals surface area contributed by atoms with Crippen LogP contribution in [0, 0.1) is 23.2 Å². The van der Waals surface area contributed by atoms with E-state index in [-0.39, 0.29) is 0 Å². The SMILES string of the molecule is C[C@H]1C[C@H](C)CN(c2oc(-c3ccc(OCc4ccc(Cl)cc4)cc3)nc2C#N)C1. The Kier molecular flexibility index (Phi) is 5.96. The van der Waals surface area contributed by atoms with Crippen LogP contribution in [0.2, 0.25) is 5.02 Å². The zero-order chi connectivity index (χ0) is 21.1. The molecule has 1 aromatic heterocycles. The summed E-state index contributed by atoms with van der Waals surface area (Å²) in [4.78, 5) is 6.58. The molecule has 6 heteroatoms. The summed E-state index contributed by atoms with van der Waals surface area (Å²) in [6.45, 7) is 6.68. The third-order valence-electron chi connectivity index (χ3n) is 5.29. The molecule has 0 unspecified atom stereocenters. The van der Waals surface area contributed by atoms with Gasteiger partial charge < -0.3 is 14.1 Å². The van der Waals surface area contributed by atoms with E-state index in [0.29, 0.717) is 40.9 Å². The number of halogens is 1. The van der Waals surface area contributed by atoms with E-state index in [2.05, 4.69) is 29.8 Å². The van der Waals surface area contributed by atoms with Crippen LogP contribution >= 0.6 is 11.6 Å². The van der Waals surface area contributed by atoms with Crippen molar-refractivity contribution >= 4 is 17.5 Å². The molecule has 1 aliphatic heterocycles. The minimum atomic E-state index is 0.342. The van der Waals surface area contributed by atoms with E-state index in [1.807, 2.05) is 48.5 Å². The van der Waals surface area contributed by atoms with Crippen molar-refractivity contribution in [3.05, 3.63) is 64.8 Å². The van der Waals surface area contributed by atoms with Gasteiger partial charge in [-0.05, 0) is 60.2 Å². The van der Waals surface area contributed by atoms with Gasteiger partial charge in [-0.25, -0.2) is 0 Å². The molecule has 0 spiro atoms. The molecule has 0 amide bonds. The highest BCUT2D eigenvalue weighted by Gasteiger charge is 2.27. The second-order valence-electron chi connectivity index (χ2n) is 8.08. The maximum atomic E-state index is 9.55. The summed E-state index contributed by atoms with van der Waals surface area (Å²) >= 11 is 5.91. The van der Waals surface area contributed by atoms with Crippen molar-refractivity contribution in [3.63, 3.8) is 0 Å². The average Bonchev–Trinajstić information content (AvgIpc) is 3.18. The van der Waals surface area contributed by atoms with Gasteiger partial charge in [0.05, 0.1) is 0 Å². The number of ether oxygens (including phenoxy) is 1. The van der Waals surface area contributed by atoms with Crippen LogP contribution in [0.3, 0.4) is 0 Å². The van der Waals surface area contributed by atoms with Crippen molar-refractivity contribution in [1.82, 2.24) is 4.98 Å². The molecular weight excluding hydrogens is 398 g/mol. The molecule has 2 heterocycles. The Balaban J connectivity index is 1.48. The summed E-state index contributed by atoms with van der Waals surface area (Å²) in [6.07, 6.45) is 1.19. The summed E-state index contributed by atoms with van der Waals surface area (Å²) in [6, 6.07) is 17.3. The first-order chi connectivity index (χ1) is 14.5. The van der Waals surface area contributed by atoms with Gasteiger partial charge in [0.1, 0.15) is 18.4 Å². The fourth-order valence-electron chi connectivity index (χ4n) is 3.99. The molecule has 0 saturated carbocycles. The quantitative estimate of drug-likeness (QED) is 0.511. The van der Waals surface area contributed by atoms with E-state index in [1.165, 1.54) is 6.42 Å². The standard InChI is InChI=1S/C24H24ClN3O2/c1-16-11-17(2)14-28(13-16)24-22(12-26)27-23(30-24)19-5-9-21(10-6-19)29-15-18-3-7-20(25)8-4-18/h3-10,16-17H,11,13-15H2,1-2H3/t16-,17-/m0/s1. The first kappa shape index (κ1) is 20.3. The Morgan fingerprint density at radius 3 is 2.40 bits per heavy atom. The van der Waals surface area contributed by atoms with Gasteiger partial charge in [-0.3, -0.25) is 0 Å². The largest absolute Gasteiger partial charge is 0.489 e. The molecule has 0 N–H and O–H groups in total. The monoisotopic (exact) mass is 421 g/mol. The van der Waals surface area contributed by atoms with Gasteiger partial charge in [-0.15, -0.1) is 0 Å². The number of nitriles is 1. The number of anilines is 1. The molecule has 2 atom stereocenters. The van der Waals surface area contributed by atoms with Crippen LogP contribution in [0.25, 0.3) is 11.5 Å². The second-order valence-corrected chi connectivity index (χ2v) is 8.51. The van der Waals surface area contributed by atoms with Crippen molar-refractivity contribution in [1.29, 1.82) is 5.26 Å². The normalized spacial score (nSPS) is 18.8. The Hall–Kier alpha value is -2.97. The van der Waals surface area contributed by atoms with Crippen LogP contribution < -0.4 is 9.64 Å². The van der Waals surface area contributed by atoms with Gasteiger partial charge in [-0.2, -0.15) is 10.2 Å². The fourth-order valence-corrected chi connectivity index (χ4v) is 4.12. The zero-order valence-corrected chi connectivity index (χ0v) is 17.9. The van der Waals surface area contributed by atoms with E-state index in [0.717, 1.165) is 30.0 Å². The van der Waals surface area contributed by atoms with Gasteiger partial charge in [-0.1, -0.05) is 37.6 Å². The van der Waals surface area contributed by atoms with Gasteiger partial charge in [0.2, 0.25) is 17.5 Å². The highest BCUT2D eigenvalue weighted by atomic mass is 35.5. The maximum Gasteiger partial charge on any atom is 0.235 e. The van der Waals surface area contributed by atoms with Gasteiger partial charge in [0.25, 0.3) is 0 Å². The molecular formula is C24H24ClN3O2. The van der Waals surface area contributed by atoms with Gasteiger partial charge >= 0.3 is 0 Å². The number of oxazole rings is 1. The molecule has 0 aliphatic carbocycles. The second kappa shape index (κ2) is 8.81. The summed E-state index contributed by atoms with van der Waals surface area (Å²) in [5, 5.41) is 10.3. The third kappa shape index (κ3) is 4.60. The minimum absolute atomic E-state index is 0.342. The number of benzene rings is 2. The zero-order valence-electron chi connectivity index (χ0n) is 17.1. The molecule has 0 bridgehead atoms. The lowest BCUT2D eigenvalue weighted by molar-refractivity contribution is 0.306. The Morgan fingerprint density at radius 1 is 1.10 bits per heavy atom. The van der Waals surface area contributed by atoms with Crippen molar-refractivity contribution in [2.24, 2.45) is 11.8 Å². The van der Waals surface area contributed by atoms with E-state index < -0.39 is 0 Å². The molecule has 5 nitrogen and oxygen atoms in total. The molecule has 1 fully saturated rings. The van der Waals surface area contributed by atoms with E-state index >= 15 is 0 Å². The lowest BCUT2D eigenvalue weighted by Gasteiger charge is -2.34. The number of piperidine rings is 1. The lowest BCUT2D eigenvalue weighted by atomic mass is 9.92. The number of hydrogen-bond donors (Lipinski definition) is 0. The average molecular weight is 422 g/mol. The van der Waals surface area contributed by atoms with Crippen LogP contribution in [-0.4, -0.2) is 18.1 Å². The van der Waals surface area contributed by atoms with Gasteiger partial charge in [0.15, 0.2) is 0 Å². The van der Waals surface area contributed by atoms with Crippen LogP contribution in [0.15, 0.2) is 52.9 Å². The number of hydrogen-bond acceptors (Lipinski definition) is 5. The van der Waals surface area contributed by atoms with Crippen LogP contribution in [0.4, 0.5) is 5.88 Å². The smallest absolute Gasteiger partial charge is 0.235 e. The summed E-state index contributed by atoms with van der Waals surface area (Å²) in [5.74, 6) is 2.90. The lowest BCUT2D eigenvalue weighted by Crippen LogP contribution is -2.38. The van der Waals surface area contributed by atoms with Gasteiger partial charge in [0, 0.05) is 23.7 Å². The molecule has 1 saturated heterocycles.